The molecule has 0 spiro atoms. The molecule has 0 atom stereocenters. The van der Waals surface area contributed by atoms with Crippen molar-refractivity contribution in [3.8, 4) is 5.75 Å². The van der Waals surface area contributed by atoms with Crippen molar-refractivity contribution in [2.24, 2.45) is 0 Å². The average molecular weight is 252 g/mol. The van der Waals surface area contributed by atoms with Gasteiger partial charge in [0.1, 0.15) is 17.1 Å². The van der Waals surface area contributed by atoms with Gasteiger partial charge in [0.15, 0.2) is 5.43 Å². The molecule has 0 saturated heterocycles. The molecular formula is C16H12O3. The van der Waals surface area contributed by atoms with Gasteiger partial charge >= 0.3 is 0 Å². The fraction of sp³-hybridized carbons (Fsp3) is 0.0625. The molecule has 1 heterocycles. The topological polar surface area (TPSA) is 50.4 Å². The number of para-hydroxylation sites is 1. The summed E-state index contributed by atoms with van der Waals surface area (Å²) in [7, 11) is 0. The first kappa shape index (κ1) is 11.5. The van der Waals surface area contributed by atoms with E-state index in [-0.39, 0.29) is 11.2 Å². The summed E-state index contributed by atoms with van der Waals surface area (Å²) in [6, 6.07) is 15.6. The zero-order valence-electron chi connectivity index (χ0n) is 10.2. The van der Waals surface area contributed by atoms with E-state index in [2.05, 4.69) is 0 Å². The van der Waals surface area contributed by atoms with E-state index >= 15 is 0 Å². The number of fused-ring (bicyclic) bond motifs is 1. The maximum absolute atomic E-state index is 11.9. The SMILES string of the molecule is O=c1cc(Cc2cccc(O)c2)oc2ccccc12. The second-order valence-corrected chi connectivity index (χ2v) is 4.42. The Labute approximate surface area is 109 Å². The van der Waals surface area contributed by atoms with Gasteiger partial charge in [-0.1, -0.05) is 24.3 Å². The lowest BCUT2D eigenvalue weighted by Crippen LogP contribution is -2.02. The fourth-order valence-corrected chi connectivity index (χ4v) is 2.11. The van der Waals surface area contributed by atoms with Crippen LogP contribution in [0, 0.1) is 0 Å². The van der Waals surface area contributed by atoms with Crippen molar-refractivity contribution < 1.29 is 9.52 Å². The first-order valence-corrected chi connectivity index (χ1v) is 6.02. The second-order valence-electron chi connectivity index (χ2n) is 4.42. The quantitative estimate of drug-likeness (QED) is 0.762. The third kappa shape index (κ3) is 2.36. The zero-order valence-corrected chi connectivity index (χ0v) is 10.2. The Morgan fingerprint density at radius 3 is 2.68 bits per heavy atom. The van der Waals surface area contributed by atoms with E-state index in [0.717, 1.165) is 5.56 Å². The minimum Gasteiger partial charge on any atom is -0.508 e. The van der Waals surface area contributed by atoms with Crippen LogP contribution >= 0.6 is 0 Å². The Hall–Kier alpha value is -2.55. The molecule has 1 aromatic heterocycles. The highest BCUT2D eigenvalue weighted by atomic mass is 16.3. The lowest BCUT2D eigenvalue weighted by Gasteiger charge is -2.03. The van der Waals surface area contributed by atoms with Gasteiger partial charge < -0.3 is 9.52 Å². The van der Waals surface area contributed by atoms with Crippen molar-refractivity contribution in [1.29, 1.82) is 0 Å². The van der Waals surface area contributed by atoms with Crippen LogP contribution in [0.25, 0.3) is 11.0 Å². The Morgan fingerprint density at radius 1 is 1.00 bits per heavy atom. The molecule has 0 aliphatic rings. The normalized spacial score (nSPS) is 10.7. The number of hydrogen-bond donors (Lipinski definition) is 1. The van der Waals surface area contributed by atoms with E-state index in [9.17, 15) is 9.90 Å². The summed E-state index contributed by atoms with van der Waals surface area (Å²) in [4.78, 5) is 11.9. The van der Waals surface area contributed by atoms with Gasteiger partial charge in [0.2, 0.25) is 0 Å². The summed E-state index contributed by atoms with van der Waals surface area (Å²) < 4.78 is 5.70. The fourth-order valence-electron chi connectivity index (χ4n) is 2.11. The molecule has 0 aliphatic heterocycles. The Balaban J connectivity index is 2.04. The van der Waals surface area contributed by atoms with Crippen LogP contribution in [-0.4, -0.2) is 5.11 Å². The summed E-state index contributed by atoms with van der Waals surface area (Å²) in [5.41, 5.74) is 1.44. The maximum atomic E-state index is 11.9. The third-order valence-electron chi connectivity index (χ3n) is 2.97. The third-order valence-corrected chi connectivity index (χ3v) is 2.97. The van der Waals surface area contributed by atoms with Crippen LogP contribution in [0.5, 0.6) is 5.75 Å². The summed E-state index contributed by atoms with van der Waals surface area (Å²) >= 11 is 0. The highest BCUT2D eigenvalue weighted by Gasteiger charge is 2.05. The molecule has 0 fully saturated rings. The zero-order chi connectivity index (χ0) is 13.2. The average Bonchev–Trinajstić information content (AvgIpc) is 2.39. The van der Waals surface area contributed by atoms with E-state index in [4.69, 9.17) is 4.42 Å². The predicted molar refractivity (Wildman–Crippen MR) is 73.4 cm³/mol. The molecule has 0 unspecified atom stereocenters. The molecular weight excluding hydrogens is 240 g/mol. The van der Waals surface area contributed by atoms with Crippen LogP contribution in [0.15, 0.2) is 63.8 Å². The number of phenolic OH excluding ortho intramolecular Hbond substituents is 1. The number of rotatable bonds is 2. The highest BCUT2D eigenvalue weighted by molar-refractivity contribution is 5.76. The van der Waals surface area contributed by atoms with Gasteiger partial charge in [-0.2, -0.15) is 0 Å². The predicted octanol–water partition coefficient (Wildman–Crippen LogP) is 3.09. The first-order valence-electron chi connectivity index (χ1n) is 6.02. The molecule has 3 aromatic rings. The van der Waals surface area contributed by atoms with Crippen molar-refractivity contribution in [2.75, 3.05) is 0 Å². The standard InChI is InChI=1S/C16H12O3/c17-12-5-3-4-11(8-12)9-13-10-15(18)14-6-1-2-7-16(14)19-13/h1-8,10,17H,9H2. The van der Waals surface area contributed by atoms with Crippen LogP contribution in [0.2, 0.25) is 0 Å². The van der Waals surface area contributed by atoms with Crippen LogP contribution < -0.4 is 5.43 Å². The molecule has 94 valence electrons. The van der Waals surface area contributed by atoms with E-state index in [1.165, 1.54) is 6.07 Å². The number of phenols is 1. The van der Waals surface area contributed by atoms with Gasteiger partial charge in [-0.05, 0) is 29.8 Å². The van der Waals surface area contributed by atoms with Crippen molar-refractivity contribution in [1.82, 2.24) is 0 Å². The number of hydrogen-bond acceptors (Lipinski definition) is 3. The van der Waals surface area contributed by atoms with Gasteiger partial charge in [-0.25, -0.2) is 0 Å². The molecule has 0 bridgehead atoms. The molecule has 3 rings (SSSR count). The summed E-state index contributed by atoms with van der Waals surface area (Å²) in [5.74, 6) is 0.801. The molecule has 0 radical (unpaired) electrons. The van der Waals surface area contributed by atoms with Gasteiger partial charge in [-0.3, -0.25) is 4.79 Å². The van der Waals surface area contributed by atoms with Crippen molar-refractivity contribution in [3.05, 3.63) is 76.1 Å². The Bertz CT molecular complexity index is 787. The highest BCUT2D eigenvalue weighted by Crippen LogP contribution is 2.17. The van der Waals surface area contributed by atoms with Crippen LogP contribution in [-0.2, 0) is 6.42 Å². The lowest BCUT2D eigenvalue weighted by atomic mass is 10.1. The summed E-state index contributed by atoms with van der Waals surface area (Å²) in [5, 5.41) is 10.0. The number of benzene rings is 2. The summed E-state index contributed by atoms with van der Waals surface area (Å²) in [6.45, 7) is 0. The molecule has 0 amide bonds. The largest absolute Gasteiger partial charge is 0.508 e. The molecule has 19 heavy (non-hydrogen) atoms. The van der Waals surface area contributed by atoms with E-state index < -0.39 is 0 Å². The summed E-state index contributed by atoms with van der Waals surface area (Å²) in [6.07, 6.45) is 0.481. The second kappa shape index (κ2) is 4.61. The van der Waals surface area contributed by atoms with E-state index in [1.54, 1.807) is 30.3 Å². The Kier molecular flexibility index (Phi) is 2.80. The van der Waals surface area contributed by atoms with Crippen molar-refractivity contribution >= 4 is 11.0 Å². The van der Waals surface area contributed by atoms with Crippen LogP contribution in [0.1, 0.15) is 11.3 Å². The van der Waals surface area contributed by atoms with Crippen LogP contribution in [0.4, 0.5) is 0 Å². The molecule has 1 N–H and O–H groups in total. The lowest BCUT2D eigenvalue weighted by molar-refractivity contribution is 0.474. The van der Waals surface area contributed by atoms with E-state index in [0.29, 0.717) is 23.2 Å². The molecule has 3 heteroatoms. The Morgan fingerprint density at radius 2 is 1.84 bits per heavy atom. The molecule has 2 aromatic carbocycles. The first-order chi connectivity index (χ1) is 9.22. The van der Waals surface area contributed by atoms with Gasteiger partial charge in [0.25, 0.3) is 0 Å². The van der Waals surface area contributed by atoms with Crippen molar-refractivity contribution in [2.45, 2.75) is 6.42 Å². The van der Waals surface area contributed by atoms with Crippen molar-refractivity contribution in [3.63, 3.8) is 0 Å². The van der Waals surface area contributed by atoms with Gasteiger partial charge in [0, 0.05) is 12.5 Å². The molecule has 0 saturated carbocycles. The maximum Gasteiger partial charge on any atom is 0.192 e. The smallest absolute Gasteiger partial charge is 0.192 e. The molecule has 0 aliphatic carbocycles. The van der Waals surface area contributed by atoms with Gasteiger partial charge in [0.05, 0.1) is 5.39 Å². The molecule has 3 nitrogen and oxygen atoms in total. The minimum absolute atomic E-state index is 0.0444. The van der Waals surface area contributed by atoms with E-state index in [1.807, 2.05) is 18.2 Å². The van der Waals surface area contributed by atoms with Gasteiger partial charge in [-0.15, -0.1) is 0 Å². The number of aromatic hydroxyl groups is 1. The van der Waals surface area contributed by atoms with Crippen LogP contribution in [0.3, 0.4) is 0 Å². The monoisotopic (exact) mass is 252 g/mol. The minimum atomic E-state index is -0.0444.